The molecule has 2 aromatic carbocycles. The molecule has 0 atom stereocenters. The quantitative estimate of drug-likeness (QED) is 0.665. The first kappa shape index (κ1) is 19.8. The van der Waals surface area contributed by atoms with E-state index in [9.17, 15) is 9.59 Å². The van der Waals surface area contributed by atoms with Gasteiger partial charge in [0.2, 0.25) is 5.91 Å². The Bertz CT molecular complexity index is 764. The van der Waals surface area contributed by atoms with Crippen molar-refractivity contribution in [2.45, 2.75) is 18.7 Å². The second kappa shape index (κ2) is 9.87. The molecule has 0 saturated heterocycles. The number of aryl methyl sites for hydroxylation is 1. The number of anilines is 1. The molecule has 0 spiro atoms. The molecule has 0 heterocycles. The molecule has 3 N–H and O–H groups in total. The number of rotatable bonds is 9. The van der Waals surface area contributed by atoms with Gasteiger partial charge in [-0.15, -0.1) is 11.8 Å². The summed E-state index contributed by atoms with van der Waals surface area (Å²) in [5, 5.41) is 2.97. The molecule has 0 bridgehead atoms. The summed E-state index contributed by atoms with van der Waals surface area (Å²) < 4.78 is 0. The molecule has 0 fully saturated rings. The number of benzene rings is 2. The van der Waals surface area contributed by atoms with E-state index in [1.165, 1.54) is 17.3 Å². The average molecular weight is 372 g/mol. The minimum absolute atomic E-state index is 0.141. The first-order chi connectivity index (χ1) is 12.5. The number of primary amides is 1. The van der Waals surface area contributed by atoms with Crippen molar-refractivity contribution in [3.05, 3.63) is 59.7 Å². The lowest BCUT2D eigenvalue weighted by Crippen LogP contribution is -2.35. The van der Waals surface area contributed by atoms with Crippen molar-refractivity contribution in [1.82, 2.24) is 5.32 Å². The van der Waals surface area contributed by atoms with Gasteiger partial charge in [-0.3, -0.25) is 9.59 Å². The van der Waals surface area contributed by atoms with Crippen molar-refractivity contribution in [1.29, 1.82) is 0 Å². The Labute approximate surface area is 159 Å². The molecule has 6 heteroatoms. The van der Waals surface area contributed by atoms with Crippen molar-refractivity contribution in [3.8, 4) is 0 Å². The van der Waals surface area contributed by atoms with Gasteiger partial charge in [-0.2, -0.15) is 0 Å². The van der Waals surface area contributed by atoms with E-state index in [1.54, 1.807) is 6.07 Å². The van der Waals surface area contributed by atoms with Crippen LogP contribution in [0.5, 0.6) is 0 Å². The van der Waals surface area contributed by atoms with Gasteiger partial charge in [-0.25, -0.2) is 0 Å². The van der Waals surface area contributed by atoms with E-state index in [0.717, 1.165) is 23.7 Å². The van der Waals surface area contributed by atoms with Crippen molar-refractivity contribution in [2.75, 3.05) is 30.3 Å². The molecule has 0 aliphatic carbocycles. The molecule has 2 amide bonds. The van der Waals surface area contributed by atoms with Crippen LogP contribution in [0, 0.1) is 6.92 Å². The molecular formula is C20H25N3O2S. The van der Waals surface area contributed by atoms with E-state index in [4.69, 9.17) is 5.73 Å². The van der Waals surface area contributed by atoms with Crippen LogP contribution in [0.2, 0.25) is 0 Å². The van der Waals surface area contributed by atoms with Gasteiger partial charge in [0.25, 0.3) is 5.91 Å². The minimum Gasteiger partial charge on any atom is -0.370 e. The summed E-state index contributed by atoms with van der Waals surface area (Å²) in [7, 11) is 0. The lowest BCUT2D eigenvalue weighted by molar-refractivity contribution is -0.115. The summed E-state index contributed by atoms with van der Waals surface area (Å²) >= 11 is 1.28. The predicted molar refractivity (Wildman–Crippen MR) is 108 cm³/mol. The Morgan fingerprint density at radius 3 is 2.62 bits per heavy atom. The number of hydrogen-bond donors (Lipinski definition) is 2. The number of hydrogen-bond acceptors (Lipinski definition) is 4. The summed E-state index contributed by atoms with van der Waals surface area (Å²) in [6.07, 6.45) is 0. The summed E-state index contributed by atoms with van der Waals surface area (Å²) in [4.78, 5) is 26.5. The third kappa shape index (κ3) is 5.81. The number of likely N-dealkylation sites (N-methyl/N-ethyl adjacent to an activating group) is 1. The number of nitrogens with zero attached hydrogens (tertiary/aromatic N) is 1. The van der Waals surface area contributed by atoms with Gasteiger partial charge < -0.3 is 16.0 Å². The molecular weight excluding hydrogens is 346 g/mol. The van der Waals surface area contributed by atoms with Crippen LogP contribution in [-0.2, 0) is 4.79 Å². The monoisotopic (exact) mass is 371 g/mol. The third-order valence-electron chi connectivity index (χ3n) is 3.92. The summed E-state index contributed by atoms with van der Waals surface area (Å²) in [5.41, 5.74) is 8.13. The largest absolute Gasteiger partial charge is 0.370 e. The van der Waals surface area contributed by atoms with E-state index in [0.29, 0.717) is 12.1 Å². The second-order valence-corrected chi connectivity index (χ2v) is 6.94. The number of nitrogens with two attached hydrogens (primary N) is 1. The van der Waals surface area contributed by atoms with Gasteiger partial charge >= 0.3 is 0 Å². The summed E-state index contributed by atoms with van der Waals surface area (Å²) in [6.45, 7) is 6.29. The maximum absolute atomic E-state index is 12.5. The normalized spacial score (nSPS) is 10.4. The van der Waals surface area contributed by atoms with E-state index >= 15 is 0 Å². The molecule has 2 rings (SSSR count). The van der Waals surface area contributed by atoms with Crippen LogP contribution in [0.1, 0.15) is 22.8 Å². The van der Waals surface area contributed by atoms with Gasteiger partial charge in [-0.05, 0) is 43.7 Å². The molecule has 0 saturated carbocycles. The zero-order chi connectivity index (χ0) is 18.9. The van der Waals surface area contributed by atoms with E-state index < -0.39 is 5.91 Å². The Hall–Kier alpha value is -2.47. The SMILES string of the molecule is CCN(CCNC(=O)c1ccccc1SCC(N)=O)c1cccc(C)c1. The Kier molecular flexibility index (Phi) is 7.53. The molecule has 0 aliphatic rings. The maximum atomic E-state index is 12.5. The number of thioether (sulfide) groups is 1. The van der Waals surface area contributed by atoms with E-state index in [-0.39, 0.29) is 11.7 Å². The van der Waals surface area contributed by atoms with Crippen molar-refractivity contribution in [3.63, 3.8) is 0 Å². The third-order valence-corrected chi connectivity index (χ3v) is 5.01. The van der Waals surface area contributed by atoms with Gasteiger partial charge in [0.05, 0.1) is 11.3 Å². The fraction of sp³-hybridized carbons (Fsp3) is 0.300. The van der Waals surface area contributed by atoms with E-state index in [1.807, 2.05) is 24.3 Å². The molecule has 26 heavy (non-hydrogen) atoms. The first-order valence-corrected chi connectivity index (χ1v) is 9.59. The molecule has 138 valence electrons. The van der Waals surface area contributed by atoms with Crippen LogP contribution in [0.3, 0.4) is 0 Å². The van der Waals surface area contributed by atoms with Crippen LogP contribution in [0.15, 0.2) is 53.4 Å². The number of nitrogens with one attached hydrogen (secondary N) is 1. The predicted octanol–water partition coefficient (Wildman–Crippen LogP) is 2.83. The van der Waals surface area contributed by atoms with Gasteiger partial charge in [0, 0.05) is 30.2 Å². The average Bonchev–Trinajstić information content (AvgIpc) is 2.63. The highest BCUT2D eigenvalue weighted by Gasteiger charge is 2.12. The minimum atomic E-state index is -0.401. The zero-order valence-corrected chi connectivity index (χ0v) is 16.0. The van der Waals surface area contributed by atoms with Crippen LogP contribution in [0.4, 0.5) is 5.69 Å². The molecule has 0 radical (unpaired) electrons. The van der Waals surface area contributed by atoms with Gasteiger partial charge in [0.1, 0.15) is 0 Å². The molecule has 0 aliphatic heterocycles. The van der Waals surface area contributed by atoms with Crippen molar-refractivity contribution >= 4 is 29.3 Å². The first-order valence-electron chi connectivity index (χ1n) is 8.61. The second-order valence-electron chi connectivity index (χ2n) is 5.93. The fourth-order valence-electron chi connectivity index (χ4n) is 2.62. The van der Waals surface area contributed by atoms with Crippen LogP contribution in [0.25, 0.3) is 0 Å². The standard InChI is InChI=1S/C20H25N3O2S/c1-3-23(16-8-6-7-15(2)13-16)12-11-22-20(25)17-9-4-5-10-18(17)26-14-19(21)24/h4-10,13H,3,11-12,14H2,1-2H3,(H2,21,24)(H,22,25). The molecule has 2 aromatic rings. The number of carbonyl (C=O) groups excluding carboxylic acids is 2. The van der Waals surface area contributed by atoms with Crippen molar-refractivity contribution < 1.29 is 9.59 Å². The lowest BCUT2D eigenvalue weighted by atomic mass is 10.2. The highest BCUT2D eigenvalue weighted by Crippen LogP contribution is 2.22. The Morgan fingerprint density at radius 2 is 1.92 bits per heavy atom. The Morgan fingerprint density at radius 1 is 1.15 bits per heavy atom. The summed E-state index contributed by atoms with van der Waals surface area (Å²) in [6, 6.07) is 15.6. The smallest absolute Gasteiger partial charge is 0.252 e. The Balaban J connectivity index is 1.95. The molecule has 5 nitrogen and oxygen atoms in total. The van der Waals surface area contributed by atoms with E-state index in [2.05, 4.69) is 42.3 Å². The highest BCUT2D eigenvalue weighted by molar-refractivity contribution is 8.00. The fourth-order valence-corrected chi connectivity index (χ4v) is 3.41. The number of carbonyl (C=O) groups is 2. The number of amides is 2. The molecule has 0 unspecified atom stereocenters. The van der Waals surface area contributed by atoms with Gasteiger partial charge in [-0.1, -0.05) is 24.3 Å². The molecule has 0 aromatic heterocycles. The lowest BCUT2D eigenvalue weighted by Gasteiger charge is -2.23. The maximum Gasteiger partial charge on any atom is 0.252 e. The van der Waals surface area contributed by atoms with Crippen LogP contribution < -0.4 is 16.0 Å². The van der Waals surface area contributed by atoms with Crippen LogP contribution >= 0.6 is 11.8 Å². The van der Waals surface area contributed by atoms with Gasteiger partial charge in [0.15, 0.2) is 0 Å². The van der Waals surface area contributed by atoms with Crippen molar-refractivity contribution in [2.24, 2.45) is 5.73 Å². The highest BCUT2D eigenvalue weighted by atomic mass is 32.2. The summed E-state index contributed by atoms with van der Waals surface area (Å²) in [5.74, 6) is -0.388. The zero-order valence-electron chi connectivity index (χ0n) is 15.2. The topological polar surface area (TPSA) is 75.4 Å². The van der Waals surface area contributed by atoms with Crippen LogP contribution in [-0.4, -0.2) is 37.2 Å².